The van der Waals surface area contributed by atoms with Gasteiger partial charge in [0.1, 0.15) is 15.9 Å². The largest absolute Gasteiger partial charge is 0.385 e. The van der Waals surface area contributed by atoms with Crippen molar-refractivity contribution < 1.29 is 8.42 Å². The molecule has 18 heavy (non-hydrogen) atoms. The van der Waals surface area contributed by atoms with Gasteiger partial charge in [-0.25, -0.2) is 8.42 Å². The highest BCUT2D eigenvalue weighted by Gasteiger charge is 2.06. The Bertz CT molecular complexity index is 550. The maximum absolute atomic E-state index is 11.3. The lowest BCUT2D eigenvalue weighted by Gasteiger charge is -2.07. The molecule has 4 nitrogen and oxygen atoms in total. The van der Waals surface area contributed by atoms with Crippen LogP contribution in [0, 0.1) is 11.3 Å². The fourth-order valence-corrected chi connectivity index (χ4v) is 2.73. The summed E-state index contributed by atoms with van der Waals surface area (Å²) in [6.07, 6.45) is 0.577. The smallest absolute Gasteiger partial charge is 0.150 e. The number of rotatable bonds is 6. The highest BCUT2D eigenvalue weighted by Crippen LogP contribution is 2.20. The number of hydrogen-bond acceptors (Lipinski definition) is 4. The first kappa shape index (κ1) is 15.0. The predicted octanol–water partition coefficient (Wildman–Crippen LogP) is 2.56. The number of benzene rings is 1. The zero-order valence-corrected chi connectivity index (χ0v) is 12.5. The van der Waals surface area contributed by atoms with Crippen molar-refractivity contribution in [2.24, 2.45) is 0 Å². The fraction of sp³-hybridized carbons (Fsp3) is 0.417. The van der Waals surface area contributed by atoms with Crippen LogP contribution in [0.4, 0.5) is 5.69 Å². The fourth-order valence-electron chi connectivity index (χ4n) is 1.38. The third-order valence-corrected chi connectivity index (χ3v) is 4.94. The van der Waals surface area contributed by atoms with Crippen molar-refractivity contribution in [1.82, 2.24) is 0 Å². The Morgan fingerprint density at radius 2 is 2.17 bits per heavy atom. The lowest BCUT2D eigenvalue weighted by atomic mass is 10.2. The highest BCUT2D eigenvalue weighted by molar-refractivity contribution is 9.10. The van der Waals surface area contributed by atoms with E-state index < -0.39 is 9.84 Å². The van der Waals surface area contributed by atoms with Crippen LogP contribution in [0.5, 0.6) is 0 Å². The Kier molecular flexibility index (Phi) is 5.63. The van der Waals surface area contributed by atoms with Crippen LogP contribution in [0.25, 0.3) is 0 Å². The topological polar surface area (TPSA) is 70.0 Å². The minimum atomic E-state index is -2.89. The van der Waals surface area contributed by atoms with Crippen molar-refractivity contribution in [1.29, 1.82) is 5.26 Å². The van der Waals surface area contributed by atoms with Crippen molar-refractivity contribution >= 4 is 31.5 Å². The van der Waals surface area contributed by atoms with Crippen LogP contribution in [0.2, 0.25) is 0 Å². The van der Waals surface area contributed by atoms with E-state index in [-0.39, 0.29) is 11.5 Å². The van der Waals surface area contributed by atoms with Crippen LogP contribution in [-0.4, -0.2) is 26.5 Å². The maximum atomic E-state index is 11.3. The van der Waals surface area contributed by atoms with Gasteiger partial charge in [-0.2, -0.15) is 5.26 Å². The Labute approximate surface area is 116 Å². The van der Waals surface area contributed by atoms with Crippen LogP contribution in [0.15, 0.2) is 22.7 Å². The van der Waals surface area contributed by atoms with Crippen molar-refractivity contribution in [3.8, 4) is 6.07 Å². The van der Waals surface area contributed by atoms with Crippen LogP contribution in [0.1, 0.15) is 18.9 Å². The van der Waals surface area contributed by atoms with Gasteiger partial charge in [-0.15, -0.1) is 0 Å². The lowest BCUT2D eigenvalue weighted by Crippen LogP contribution is -2.12. The van der Waals surface area contributed by atoms with Gasteiger partial charge in [-0.1, -0.05) is 6.92 Å². The molecule has 0 unspecified atom stereocenters. The first-order chi connectivity index (χ1) is 8.48. The zero-order valence-electron chi connectivity index (χ0n) is 10.1. The van der Waals surface area contributed by atoms with Gasteiger partial charge >= 0.3 is 0 Å². The summed E-state index contributed by atoms with van der Waals surface area (Å²) in [6.45, 7) is 2.25. The number of nitrogens with one attached hydrogen (secondary N) is 1. The van der Waals surface area contributed by atoms with E-state index in [1.54, 1.807) is 19.1 Å². The van der Waals surface area contributed by atoms with Gasteiger partial charge in [0.15, 0.2) is 0 Å². The number of sulfone groups is 1. The van der Waals surface area contributed by atoms with E-state index >= 15 is 0 Å². The van der Waals surface area contributed by atoms with Crippen molar-refractivity contribution in [3.05, 3.63) is 28.2 Å². The molecule has 0 radical (unpaired) electrons. The third kappa shape index (κ3) is 4.67. The Morgan fingerprint density at radius 3 is 2.72 bits per heavy atom. The Hall–Kier alpha value is -1.06. The molecule has 1 N–H and O–H groups in total. The molecule has 1 aromatic rings. The average molecular weight is 331 g/mol. The minimum Gasteiger partial charge on any atom is -0.385 e. The van der Waals surface area contributed by atoms with Crippen molar-refractivity contribution in [3.63, 3.8) is 0 Å². The second-order valence-electron chi connectivity index (χ2n) is 3.82. The van der Waals surface area contributed by atoms with Gasteiger partial charge < -0.3 is 5.32 Å². The van der Waals surface area contributed by atoms with Gasteiger partial charge in [0, 0.05) is 22.5 Å². The molecule has 1 aromatic carbocycles. The molecule has 0 saturated heterocycles. The summed E-state index contributed by atoms with van der Waals surface area (Å²) >= 11 is 3.30. The van der Waals surface area contributed by atoms with Crippen LogP contribution < -0.4 is 5.32 Å². The van der Waals surface area contributed by atoms with Crippen LogP contribution in [0.3, 0.4) is 0 Å². The molecule has 0 aromatic heterocycles. The standard InChI is InChI=1S/C12H15BrN2O2S/c1-2-18(16,17)7-3-6-15-11-5-4-10(9-14)12(13)8-11/h4-5,8,15H,2-3,6-7H2,1H3. The van der Waals surface area contributed by atoms with Gasteiger partial charge in [0.2, 0.25) is 0 Å². The zero-order chi connectivity index (χ0) is 13.6. The molecule has 0 bridgehead atoms. The maximum Gasteiger partial charge on any atom is 0.150 e. The first-order valence-corrected chi connectivity index (χ1v) is 8.24. The minimum absolute atomic E-state index is 0.190. The van der Waals surface area contributed by atoms with E-state index in [9.17, 15) is 8.42 Å². The van der Waals surface area contributed by atoms with Crippen LogP contribution >= 0.6 is 15.9 Å². The van der Waals surface area contributed by atoms with E-state index in [0.717, 1.165) is 10.2 Å². The molecule has 98 valence electrons. The summed E-state index contributed by atoms with van der Waals surface area (Å²) < 4.78 is 23.3. The summed E-state index contributed by atoms with van der Waals surface area (Å²) in [4.78, 5) is 0. The lowest BCUT2D eigenvalue weighted by molar-refractivity contribution is 0.595. The van der Waals surface area contributed by atoms with Gasteiger partial charge in [-0.3, -0.25) is 0 Å². The summed E-state index contributed by atoms with van der Waals surface area (Å²) in [5, 5.41) is 11.9. The number of nitriles is 1. The molecule has 6 heteroatoms. The molecule has 0 atom stereocenters. The summed E-state index contributed by atoms with van der Waals surface area (Å²) in [6, 6.07) is 7.40. The Morgan fingerprint density at radius 1 is 1.44 bits per heavy atom. The molecule has 1 rings (SSSR count). The highest BCUT2D eigenvalue weighted by atomic mass is 79.9. The third-order valence-electron chi connectivity index (χ3n) is 2.49. The second kappa shape index (κ2) is 6.76. The van der Waals surface area contributed by atoms with Crippen molar-refractivity contribution in [2.45, 2.75) is 13.3 Å². The molecule has 0 saturated carbocycles. The summed E-state index contributed by atoms with van der Waals surface area (Å²) in [5.41, 5.74) is 1.45. The van der Waals surface area contributed by atoms with E-state index in [4.69, 9.17) is 5.26 Å². The van der Waals surface area contributed by atoms with E-state index in [1.165, 1.54) is 0 Å². The van der Waals surface area contributed by atoms with E-state index in [1.807, 2.05) is 6.07 Å². The molecule has 0 aliphatic heterocycles. The van der Waals surface area contributed by atoms with E-state index in [0.29, 0.717) is 18.5 Å². The molecule has 0 aliphatic carbocycles. The Balaban J connectivity index is 2.46. The van der Waals surface area contributed by atoms with Gasteiger partial charge in [0.25, 0.3) is 0 Å². The van der Waals surface area contributed by atoms with Crippen LogP contribution in [-0.2, 0) is 9.84 Å². The molecule has 0 amide bonds. The molecular formula is C12H15BrN2O2S. The molecule has 0 aliphatic rings. The normalized spacial score (nSPS) is 10.9. The first-order valence-electron chi connectivity index (χ1n) is 5.62. The quantitative estimate of drug-likeness (QED) is 0.814. The predicted molar refractivity (Wildman–Crippen MR) is 76.3 cm³/mol. The number of anilines is 1. The molecule has 0 fully saturated rings. The van der Waals surface area contributed by atoms with Crippen molar-refractivity contribution in [2.75, 3.05) is 23.4 Å². The monoisotopic (exact) mass is 330 g/mol. The summed E-state index contributed by atoms with van der Waals surface area (Å²) in [7, 11) is -2.89. The van der Waals surface area contributed by atoms with E-state index in [2.05, 4.69) is 27.3 Å². The number of nitrogens with zero attached hydrogens (tertiary/aromatic N) is 1. The average Bonchev–Trinajstić information content (AvgIpc) is 2.35. The number of halogens is 1. The molecule has 0 heterocycles. The second-order valence-corrected chi connectivity index (χ2v) is 7.15. The summed E-state index contributed by atoms with van der Waals surface area (Å²) in [5.74, 6) is 0.392. The molecule has 0 spiro atoms. The number of hydrogen-bond donors (Lipinski definition) is 1. The molecular weight excluding hydrogens is 316 g/mol. The van der Waals surface area contributed by atoms with Gasteiger partial charge in [0.05, 0.1) is 11.3 Å². The SMILES string of the molecule is CCS(=O)(=O)CCCNc1ccc(C#N)c(Br)c1. The van der Waals surface area contributed by atoms with Gasteiger partial charge in [-0.05, 0) is 40.5 Å².